The van der Waals surface area contributed by atoms with E-state index >= 15 is 0 Å². The smallest absolute Gasteiger partial charge is 0.333 e. The lowest BCUT2D eigenvalue weighted by Crippen LogP contribution is -2.07. The normalized spacial score (nSPS) is 11.1. The van der Waals surface area contributed by atoms with E-state index in [0.29, 0.717) is 12.0 Å². The van der Waals surface area contributed by atoms with Crippen molar-refractivity contribution in [3.05, 3.63) is 64.1 Å². The number of methoxy groups -OCH3 is 1. The van der Waals surface area contributed by atoms with Crippen molar-refractivity contribution in [3.63, 3.8) is 0 Å². The Morgan fingerprint density at radius 3 is 2.79 bits per heavy atom. The molecular formula is C14H15N3O2. The molecule has 0 bridgehead atoms. The molecule has 0 aliphatic heterocycles. The Hall–Kier alpha value is -2.52. The molecule has 1 aromatic carbocycles. The minimum absolute atomic E-state index is 0.00233. The molecule has 0 aliphatic rings. The van der Waals surface area contributed by atoms with Crippen LogP contribution in [0, 0.1) is 0 Å². The number of esters is 1. The average Bonchev–Trinajstić information content (AvgIpc) is 2.47. The second-order valence-electron chi connectivity index (χ2n) is 3.66. The number of benzene rings is 1. The van der Waals surface area contributed by atoms with Crippen LogP contribution in [0.15, 0.2) is 53.2 Å². The number of allylic oxidation sites excluding steroid dienone is 2. The monoisotopic (exact) mass is 257 g/mol. The van der Waals surface area contributed by atoms with E-state index in [0.717, 1.165) is 5.56 Å². The molecule has 0 spiro atoms. The third-order valence-corrected chi connectivity index (χ3v) is 2.36. The molecule has 0 unspecified atom stereocenters. The predicted molar refractivity (Wildman–Crippen MR) is 74.2 cm³/mol. The molecule has 0 N–H and O–H groups in total. The maximum Gasteiger partial charge on any atom is 0.333 e. The van der Waals surface area contributed by atoms with Crippen molar-refractivity contribution < 1.29 is 9.53 Å². The standard InChI is InChI=1S/C14H15N3O2/c1-19-14(18)13(11-16-17-15)10-6-5-9-12-7-3-2-4-8-12/h2-5,7-10H,6,11H2,1H3/b9-5+,13-10+. The van der Waals surface area contributed by atoms with Crippen LogP contribution in [0.2, 0.25) is 0 Å². The molecule has 19 heavy (non-hydrogen) atoms. The van der Waals surface area contributed by atoms with Crippen LogP contribution in [0.4, 0.5) is 0 Å². The van der Waals surface area contributed by atoms with Gasteiger partial charge < -0.3 is 4.74 Å². The van der Waals surface area contributed by atoms with E-state index in [-0.39, 0.29) is 6.54 Å². The number of hydrogen-bond acceptors (Lipinski definition) is 3. The first-order valence-corrected chi connectivity index (χ1v) is 5.77. The quantitative estimate of drug-likeness (QED) is 0.257. The molecule has 1 aromatic rings. The minimum Gasteiger partial charge on any atom is -0.466 e. The third-order valence-electron chi connectivity index (χ3n) is 2.36. The average molecular weight is 257 g/mol. The molecule has 0 aliphatic carbocycles. The van der Waals surface area contributed by atoms with Crippen LogP contribution in [-0.2, 0) is 9.53 Å². The SMILES string of the molecule is COC(=O)/C(=C/C/C=C/c1ccccc1)CN=[N+]=[N-]. The molecule has 0 aromatic heterocycles. The lowest BCUT2D eigenvalue weighted by atomic mass is 10.1. The van der Waals surface area contributed by atoms with Gasteiger partial charge in [0.2, 0.25) is 0 Å². The van der Waals surface area contributed by atoms with Crippen LogP contribution >= 0.6 is 0 Å². The van der Waals surface area contributed by atoms with E-state index in [1.807, 2.05) is 42.5 Å². The second kappa shape index (κ2) is 8.55. The number of azide groups is 1. The van der Waals surface area contributed by atoms with Gasteiger partial charge in [-0.15, -0.1) is 0 Å². The minimum atomic E-state index is -0.472. The van der Waals surface area contributed by atoms with Crippen molar-refractivity contribution >= 4 is 12.0 Å². The van der Waals surface area contributed by atoms with Crippen LogP contribution in [0.5, 0.6) is 0 Å². The van der Waals surface area contributed by atoms with Crippen LogP contribution < -0.4 is 0 Å². The van der Waals surface area contributed by atoms with Gasteiger partial charge in [-0.25, -0.2) is 4.79 Å². The lowest BCUT2D eigenvalue weighted by Gasteiger charge is -2.00. The number of rotatable bonds is 6. The number of carbonyl (C=O) groups excluding carboxylic acids is 1. The summed E-state index contributed by atoms with van der Waals surface area (Å²) < 4.78 is 4.61. The fourth-order valence-corrected chi connectivity index (χ4v) is 1.43. The number of carbonyl (C=O) groups is 1. The van der Waals surface area contributed by atoms with Gasteiger partial charge in [0.25, 0.3) is 0 Å². The highest BCUT2D eigenvalue weighted by Crippen LogP contribution is 2.05. The Morgan fingerprint density at radius 1 is 1.42 bits per heavy atom. The van der Waals surface area contributed by atoms with Crippen molar-refractivity contribution in [3.8, 4) is 0 Å². The lowest BCUT2D eigenvalue weighted by molar-refractivity contribution is -0.136. The van der Waals surface area contributed by atoms with Crippen LogP contribution in [0.1, 0.15) is 12.0 Å². The van der Waals surface area contributed by atoms with E-state index < -0.39 is 5.97 Å². The summed E-state index contributed by atoms with van der Waals surface area (Å²) in [5.74, 6) is -0.472. The fraction of sp³-hybridized carbons (Fsp3) is 0.214. The first-order chi connectivity index (χ1) is 9.27. The molecular weight excluding hydrogens is 242 g/mol. The largest absolute Gasteiger partial charge is 0.466 e. The maximum atomic E-state index is 11.4. The number of ether oxygens (including phenoxy) is 1. The molecule has 0 atom stereocenters. The molecule has 0 radical (unpaired) electrons. The van der Waals surface area contributed by atoms with Crippen LogP contribution in [0.25, 0.3) is 16.5 Å². The second-order valence-corrected chi connectivity index (χ2v) is 3.66. The Bertz CT molecular complexity index is 515. The van der Waals surface area contributed by atoms with Crippen molar-refractivity contribution in [2.75, 3.05) is 13.7 Å². The van der Waals surface area contributed by atoms with E-state index in [4.69, 9.17) is 5.53 Å². The van der Waals surface area contributed by atoms with Crippen molar-refractivity contribution in [2.24, 2.45) is 5.11 Å². The molecule has 0 saturated heterocycles. The highest BCUT2D eigenvalue weighted by atomic mass is 16.5. The number of nitrogens with zero attached hydrogens (tertiary/aromatic N) is 3. The maximum absolute atomic E-state index is 11.4. The predicted octanol–water partition coefficient (Wildman–Crippen LogP) is 3.50. The Kier molecular flexibility index (Phi) is 6.55. The highest BCUT2D eigenvalue weighted by molar-refractivity contribution is 5.88. The van der Waals surface area contributed by atoms with Crippen LogP contribution in [-0.4, -0.2) is 19.6 Å². The summed E-state index contributed by atoms with van der Waals surface area (Å²) in [6.45, 7) is 0.00233. The van der Waals surface area contributed by atoms with Gasteiger partial charge in [0.1, 0.15) is 0 Å². The molecule has 0 heterocycles. The summed E-state index contributed by atoms with van der Waals surface area (Å²) in [4.78, 5) is 14.0. The topological polar surface area (TPSA) is 75.1 Å². The Balaban J connectivity index is 2.63. The third kappa shape index (κ3) is 5.57. The zero-order valence-corrected chi connectivity index (χ0v) is 10.7. The summed E-state index contributed by atoms with van der Waals surface area (Å²) in [6, 6.07) is 9.84. The summed E-state index contributed by atoms with van der Waals surface area (Å²) in [7, 11) is 1.30. The van der Waals surface area contributed by atoms with Gasteiger partial charge in [-0.05, 0) is 17.5 Å². The van der Waals surface area contributed by atoms with Gasteiger partial charge in [-0.1, -0.05) is 53.7 Å². The highest BCUT2D eigenvalue weighted by Gasteiger charge is 2.06. The van der Waals surface area contributed by atoms with Gasteiger partial charge in [0.15, 0.2) is 0 Å². The van der Waals surface area contributed by atoms with E-state index in [2.05, 4.69) is 14.8 Å². The molecule has 5 heteroatoms. The number of hydrogen-bond donors (Lipinski definition) is 0. The van der Waals surface area contributed by atoms with Gasteiger partial charge in [0, 0.05) is 10.5 Å². The van der Waals surface area contributed by atoms with Crippen molar-refractivity contribution in [2.45, 2.75) is 6.42 Å². The van der Waals surface area contributed by atoms with Crippen molar-refractivity contribution in [1.29, 1.82) is 0 Å². The molecule has 98 valence electrons. The zero-order valence-electron chi connectivity index (χ0n) is 10.7. The van der Waals surface area contributed by atoms with Gasteiger partial charge in [-0.3, -0.25) is 0 Å². The Morgan fingerprint density at radius 2 is 2.16 bits per heavy atom. The summed E-state index contributed by atoms with van der Waals surface area (Å²) in [5.41, 5.74) is 9.70. The van der Waals surface area contributed by atoms with Gasteiger partial charge >= 0.3 is 5.97 Å². The van der Waals surface area contributed by atoms with Crippen LogP contribution in [0.3, 0.4) is 0 Å². The zero-order chi connectivity index (χ0) is 13.9. The summed E-state index contributed by atoms with van der Waals surface area (Å²) in [6.07, 6.45) is 6.15. The molecule has 5 nitrogen and oxygen atoms in total. The van der Waals surface area contributed by atoms with Gasteiger partial charge in [-0.2, -0.15) is 0 Å². The molecule has 0 saturated carbocycles. The Labute approximate surface area is 111 Å². The van der Waals surface area contributed by atoms with Crippen molar-refractivity contribution in [1.82, 2.24) is 0 Å². The first kappa shape index (κ1) is 14.5. The summed E-state index contributed by atoms with van der Waals surface area (Å²) in [5, 5.41) is 3.37. The molecule has 0 fully saturated rings. The molecule has 1 rings (SSSR count). The van der Waals surface area contributed by atoms with E-state index in [9.17, 15) is 4.79 Å². The molecule has 0 amide bonds. The van der Waals surface area contributed by atoms with Gasteiger partial charge in [0.05, 0.1) is 13.7 Å². The van der Waals surface area contributed by atoms with E-state index in [1.54, 1.807) is 6.08 Å². The summed E-state index contributed by atoms with van der Waals surface area (Å²) >= 11 is 0. The fourth-order valence-electron chi connectivity index (χ4n) is 1.43. The van der Waals surface area contributed by atoms with E-state index in [1.165, 1.54) is 7.11 Å². The first-order valence-electron chi connectivity index (χ1n) is 5.77.